The van der Waals surface area contributed by atoms with E-state index in [-0.39, 0.29) is 18.3 Å². The molecule has 2 heterocycles. The van der Waals surface area contributed by atoms with E-state index in [1.807, 2.05) is 12.1 Å². The van der Waals surface area contributed by atoms with Crippen LogP contribution in [0.2, 0.25) is 0 Å². The molecule has 0 spiro atoms. The molecule has 0 atom stereocenters. The van der Waals surface area contributed by atoms with E-state index < -0.39 is 5.54 Å². The minimum atomic E-state index is -0.454. The molecule has 1 fully saturated rings. The summed E-state index contributed by atoms with van der Waals surface area (Å²) in [6.45, 7) is 0. The van der Waals surface area contributed by atoms with Gasteiger partial charge < -0.3 is 20.3 Å². The first-order valence-electron chi connectivity index (χ1n) is 8.26. The molecule has 142 valence electrons. The summed E-state index contributed by atoms with van der Waals surface area (Å²) in [7, 11) is 1.59. The number of nitrogens with zero attached hydrogens (tertiary/aromatic N) is 2. The Hall–Kier alpha value is -2.42. The maximum atomic E-state index is 12.3. The summed E-state index contributed by atoms with van der Waals surface area (Å²) in [4.78, 5) is 17.5. The van der Waals surface area contributed by atoms with Gasteiger partial charge in [-0.05, 0) is 55.7 Å². The number of rotatable bonds is 5. The van der Waals surface area contributed by atoms with Gasteiger partial charge in [0.05, 0.1) is 22.5 Å². The lowest BCUT2D eigenvalue weighted by molar-refractivity contribution is 0.102. The van der Waals surface area contributed by atoms with Gasteiger partial charge in [-0.2, -0.15) is 4.98 Å². The summed E-state index contributed by atoms with van der Waals surface area (Å²) in [6, 6.07) is 10.6. The maximum absolute atomic E-state index is 12.3. The third kappa shape index (κ3) is 3.83. The number of amides is 1. The van der Waals surface area contributed by atoms with Gasteiger partial charge in [0.25, 0.3) is 11.8 Å². The van der Waals surface area contributed by atoms with Crippen LogP contribution in [0.1, 0.15) is 35.4 Å². The Morgan fingerprint density at radius 1 is 1.26 bits per heavy atom. The maximum Gasteiger partial charge on any atom is 0.268 e. The van der Waals surface area contributed by atoms with Gasteiger partial charge in [-0.15, -0.1) is 23.7 Å². The largest absolute Gasteiger partial charge is 0.497 e. The highest BCUT2D eigenvalue weighted by Crippen LogP contribution is 2.38. The van der Waals surface area contributed by atoms with Crippen molar-refractivity contribution < 1.29 is 14.1 Å². The van der Waals surface area contributed by atoms with Crippen LogP contribution in [0, 0.1) is 0 Å². The zero-order valence-corrected chi connectivity index (χ0v) is 16.2. The molecular weight excluding hydrogens is 388 g/mol. The molecule has 1 saturated carbocycles. The molecule has 4 rings (SSSR count). The molecule has 9 heteroatoms. The van der Waals surface area contributed by atoms with E-state index in [0.717, 1.165) is 24.1 Å². The van der Waals surface area contributed by atoms with Gasteiger partial charge in [-0.3, -0.25) is 4.79 Å². The number of hydrogen-bond acceptors (Lipinski definition) is 7. The summed E-state index contributed by atoms with van der Waals surface area (Å²) in [5.41, 5.74) is 6.32. The van der Waals surface area contributed by atoms with Crippen molar-refractivity contribution in [3.05, 3.63) is 47.8 Å². The van der Waals surface area contributed by atoms with E-state index in [4.69, 9.17) is 15.0 Å². The van der Waals surface area contributed by atoms with Gasteiger partial charge in [0.2, 0.25) is 0 Å². The SMILES string of the molecule is COc1ccc(C(=O)Nc2ccc(-c3nc(C4(N)CCC4)no3)s2)cc1.Cl. The highest BCUT2D eigenvalue weighted by Gasteiger charge is 2.39. The quantitative estimate of drug-likeness (QED) is 0.667. The Kier molecular flexibility index (Phi) is 5.50. The number of carbonyl (C=O) groups is 1. The highest BCUT2D eigenvalue weighted by molar-refractivity contribution is 7.19. The molecule has 0 saturated heterocycles. The van der Waals surface area contributed by atoms with E-state index in [1.165, 1.54) is 11.3 Å². The summed E-state index contributed by atoms with van der Waals surface area (Å²) in [6.07, 6.45) is 2.83. The first-order chi connectivity index (χ1) is 12.6. The molecular formula is C18H19ClN4O3S. The molecule has 27 heavy (non-hydrogen) atoms. The predicted octanol–water partition coefficient (Wildman–Crippen LogP) is 3.82. The van der Waals surface area contributed by atoms with Crippen LogP contribution in [0.3, 0.4) is 0 Å². The second kappa shape index (κ2) is 7.67. The van der Waals surface area contributed by atoms with Crippen LogP contribution >= 0.6 is 23.7 Å². The minimum Gasteiger partial charge on any atom is -0.497 e. The fourth-order valence-corrected chi connectivity index (χ4v) is 3.58. The van der Waals surface area contributed by atoms with Gasteiger partial charge in [-0.1, -0.05) is 5.16 Å². The second-order valence-corrected chi connectivity index (χ2v) is 7.36. The van der Waals surface area contributed by atoms with Crippen molar-refractivity contribution >= 4 is 34.7 Å². The first-order valence-corrected chi connectivity index (χ1v) is 9.08. The normalized spacial score (nSPS) is 14.7. The Balaban J connectivity index is 0.00000210. The Morgan fingerprint density at radius 3 is 2.63 bits per heavy atom. The number of aromatic nitrogens is 2. The van der Waals surface area contributed by atoms with Crippen molar-refractivity contribution in [2.24, 2.45) is 5.73 Å². The van der Waals surface area contributed by atoms with Gasteiger partial charge in [-0.25, -0.2) is 0 Å². The van der Waals surface area contributed by atoms with Crippen molar-refractivity contribution in [3.8, 4) is 16.5 Å². The van der Waals surface area contributed by atoms with Crippen LogP contribution in [0.15, 0.2) is 40.9 Å². The van der Waals surface area contributed by atoms with E-state index >= 15 is 0 Å². The van der Waals surface area contributed by atoms with E-state index in [2.05, 4.69) is 15.5 Å². The minimum absolute atomic E-state index is 0. The molecule has 2 aromatic heterocycles. The van der Waals surface area contributed by atoms with Gasteiger partial charge in [0.1, 0.15) is 5.75 Å². The van der Waals surface area contributed by atoms with E-state index in [9.17, 15) is 4.79 Å². The van der Waals surface area contributed by atoms with Crippen LogP contribution in [0.4, 0.5) is 5.00 Å². The lowest BCUT2D eigenvalue weighted by Gasteiger charge is -2.34. The molecule has 3 aromatic rings. The third-order valence-electron chi connectivity index (χ3n) is 4.52. The number of methoxy groups -OCH3 is 1. The third-order valence-corrected chi connectivity index (χ3v) is 5.51. The van der Waals surface area contributed by atoms with Gasteiger partial charge >= 0.3 is 0 Å². The number of benzene rings is 1. The second-order valence-electron chi connectivity index (χ2n) is 6.28. The Labute approximate surface area is 166 Å². The lowest BCUT2D eigenvalue weighted by Crippen LogP contribution is -2.44. The summed E-state index contributed by atoms with van der Waals surface area (Å²) in [5, 5.41) is 7.59. The average Bonchev–Trinajstić information content (AvgIpc) is 3.29. The number of anilines is 1. The zero-order valence-electron chi connectivity index (χ0n) is 14.6. The van der Waals surface area contributed by atoms with Crippen LogP contribution in [0.5, 0.6) is 5.75 Å². The lowest BCUT2D eigenvalue weighted by atomic mass is 9.77. The van der Waals surface area contributed by atoms with Crippen molar-refractivity contribution in [2.75, 3.05) is 12.4 Å². The number of thiophene rings is 1. The molecule has 0 bridgehead atoms. The molecule has 3 N–H and O–H groups in total. The number of nitrogens with two attached hydrogens (primary N) is 1. The number of halogens is 1. The number of nitrogens with one attached hydrogen (secondary N) is 1. The standard InChI is InChI=1S/C18H18N4O3S.ClH/c1-24-12-5-3-11(4-6-12)15(23)20-14-8-7-13(26-14)16-21-17(22-25-16)18(19)9-2-10-18;/h3-8H,2,9-10,19H2,1H3,(H,20,23);1H. The smallest absolute Gasteiger partial charge is 0.268 e. The highest BCUT2D eigenvalue weighted by atomic mass is 35.5. The predicted molar refractivity (Wildman–Crippen MR) is 106 cm³/mol. The topological polar surface area (TPSA) is 103 Å². The summed E-state index contributed by atoms with van der Waals surface area (Å²) >= 11 is 1.37. The van der Waals surface area contributed by atoms with Crippen LogP contribution in [0.25, 0.3) is 10.8 Å². The van der Waals surface area contributed by atoms with E-state index in [0.29, 0.717) is 28.0 Å². The van der Waals surface area contributed by atoms with Crippen molar-refractivity contribution in [2.45, 2.75) is 24.8 Å². The van der Waals surface area contributed by atoms with Crippen molar-refractivity contribution in [1.29, 1.82) is 0 Å². The molecule has 0 radical (unpaired) electrons. The van der Waals surface area contributed by atoms with Crippen LogP contribution < -0.4 is 15.8 Å². The molecule has 0 unspecified atom stereocenters. The number of ether oxygens (including phenoxy) is 1. The molecule has 0 aliphatic heterocycles. The zero-order chi connectivity index (χ0) is 18.1. The fraction of sp³-hybridized carbons (Fsp3) is 0.278. The van der Waals surface area contributed by atoms with Crippen LogP contribution in [-0.4, -0.2) is 23.2 Å². The Morgan fingerprint density at radius 2 is 2.00 bits per heavy atom. The van der Waals surface area contributed by atoms with Crippen molar-refractivity contribution in [3.63, 3.8) is 0 Å². The van der Waals surface area contributed by atoms with Gasteiger partial charge in [0.15, 0.2) is 5.82 Å². The monoisotopic (exact) mass is 406 g/mol. The number of carbonyl (C=O) groups excluding carboxylic acids is 1. The Bertz CT molecular complexity index is 934. The molecule has 7 nitrogen and oxygen atoms in total. The first kappa shape index (κ1) is 19.3. The van der Waals surface area contributed by atoms with Crippen molar-refractivity contribution in [1.82, 2.24) is 10.1 Å². The van der Waals surface area contributed by atoms with Crippen LogP contribution in [-0.2, 0) is 5.54 Å². The molecule has 1 aromatic carbocycles. The summed E-state index contributed by atoms with van der Waals surface area (Å²) < 4.78 is 10.4. The molecule has 1 aliphatic carbocycles. The fourth-order valence-electron chi connectivity index (χ4n) is 2.75. The summed E-state index contributed by atoms with van der Waals surface area (Å²) in [5.74, 6) is 1.49. The molecule has 1 aliphatic rings. The average molecular weight is 407 g/mol. The van der Waals surface area contributed by atoms with E-state index in [1.54, 1.807) is 31.4 Å². The molecule has 1 amide bonds. The number of hydrogen-bond donors (Lipinski definition) is 2. The van der Waals surface area contributed by atoms with Gasteiger partial charge in [0, 0.05) is 5.56 Å².